The Labute approximate surface area is 246 Å². The summed E-state index contributed by atoms with van der Waals surface area (Å²) in [7, 11) is 0. The third-order valence-electron chi connectivity index (χ3n) is 7.69. The van der Waals surface area contributed by atoms with Gasteiger partial charge in [-0.2, -0.15) is 0 Å². The lowest BCUT2D eigenvalue weighted by atomic mass is 9.83. The molecule has 0 N–H and O–H groups in total. The quantitative estimate of drug-likeness (QED) is 0.221. The fourth-order valence-corrected chi connectivity index (χ4v) is 5.91. The molecule has 1 aliphatic heterocycles. The van der Waals surface area contributed by atoms with E-state index in [0.29, 0.717) is 27.6 Å². The summed E-state index contributed by atoms with van der Waals surface area (Å²) in [6, 6.07) is 28.2. The molecule has 0 atom stereocenters. The Hall–Kier alpha value is -4.41. The third-order valence-corrected chi connectivity index (χ3v) is 7.91. The monoisotopic (exact) mass is 558 g/mol. The molecule has 0 unspecified atom stereocenters. The molecule has 0 radical (unpaired) electrons. The fraction of sp³-hybridized carbons (Fsp3) is 0.167. The Morgan fingerprint density at radius 2 is 1.54 bits per heavy atom. The van der Waals surface area contributed by atoms with Crippen molar-refractivity contribution in [2.75, 3.05) is 11.4 Å². The summed E-state index contributed by atoms with van der Waals surface area (Å²) < 4.78 is 6.33. The molecular weight excluding hydrogens is 528 g/mol. The van der Waals surface area contributed by atoms with Crippen LogP contribution >= 0.6 is 11.6 Å². The van der Waals surface area contributed by atoms with Gasteiger partial charge in [-0.05, 0) is 42.4 Å². The largest absolute Gasteiger partial charge is 0.435 e. The number of ketones is 1. The number of aromatic nitrogens is 1. The van der Waals surface area contributed by atoms with E-state index in [4.69, 9.17) is 21.0 Å². The Morgan fingerprint density at radius 1 is 0.878 bits per heavy atom. The van der Waals surface area contributed by atoms with Gasteiger partial charge in [-0.1, -0.05) is 111 Å². The van der Waals surface area contributed by atoms with Crippen LogP contribution in [0.5, 0.6) is 0 Å². The van der Waals surface area contributed by atoms with Crippen molar-refractivity contribution in [2.45, 2.75) is 32.6 Å². The summed E-state index contributed by atoms with van der Waals surface area (Å²) >= 11 is 6.60. The van der Waals surface area contributed by atoms with Crippen LogP contribution in [0, 0.1) is 0 Å². The molecule has 1 aliphatic carbocycles. The first-order chi connectivity index (χ1) is 19.9. The van der Waals surface area contributed by atoms with E-state index in [-0.39, 0.29) is 17.1 Å². The number of carbonyl (C=O) groups excluding carboxylic acids is 1. The standard InChI is InChI=1S/C36H31ClN2O2/c1-4-21-39-30-18-12-11-17-29(30)36(2,3)31(39)20-19-26-22-27(37)23-28(33(26)40)35-38-32(24-13-7-5-8-14-24)34(41-35)25-15-9-6-10-16-25/h5-20,22-23H,4,21H2,1-3H3/b26-19+,31-20+. The van der Waals surface area contributed by atoms with Crippen LogP contribution in [0.2, 0.25) is 0 Å². The number of hydrogen-bond acceptors (Lipinski definition) is 4. The lowest BCUT2D eigenvalue weighted by Crippen LogP contribution is -2.26. The number of para-hydroxylation sites is 1. The lowest BCUT2D eigenvalue weighted by molar-refractivity contribution is -0.110. The van der Waals surface area contributed by atoms with E-state index in [1.165, 1.54) is 11.3 Å². The zero-order chi connectivity index (χ0) is 28.6. The van der Waals surface area contributed by atoms with Crippen LogP contribution in [0.25, 0.3) is 28.2 Å². The van der Waals surface area contributed by atoms with Gasteiger partial charge in [0.1, 0.15) is 5.69 Å². The van der Waals surface area contributed by atoms with Crippen LogP contribution in [0.1, 0.15) is 38.6 Å². The molecule has 0 saturated carbocycles. The topological polar surface area (TPSA) is 46.3 Å². The molecule has 0 bridgehead atoms. The highest BCUT2D eigenvalue weighted by Gasteiger charge is 2.39. The summed E-state index contributed by atoms with van der Waals surface area (Å²) in [5.74, 6) is 0.681. The average Bonchev–Trinajstić information content (AvgIpc) is 3.52. The van der Waals surface area contributed by atoms with Gasteiger partial charge in [0.25, 0.3) is 0 Å². The predicted molar refractivity (Wildman–Crippen MR) is 168 cm³/mol. The second kappa shape index (κ2) is 10.9. The minimum Gasteiger partial charge on any atom is -0.435 e. The molecule has 3 aromatic carbocycles. The van der Waals surface area contributed by atoms with Crippen molar-refractivity contribution in [1.82, 2.24) is 4.98 Å². The van der Waals surface area contributed by atoms with E-state index in [2.05, 4.69) is 56.0 Å². The van der Waals surface area contributed by atoms with Gasteiger partial charge in [0.2, 0.25) is 5.89 Å². The lowest BCUT2D eigenvalue weighted by Gasteiger charge is -2.26. The minimum atomic E-state index is -0.204. The van der Waals surface area contributed by atoms with Gasteiger partial charge in [-0.25, -0.2) is 4.98 Å². The second-order valence-electron chi connectivity index (χ2n) is 10.8. The number of rotatable bonds is 6. The summed E-state index contributed by atoms with van der Waals surface area (Å²) in [5, 5.41) is 0.448. The van der Waals surface area contributed by atoms with Crippen molar-refractivity contribution >= 4 is 28.6 Å². The smallest absolute Gasteiger partial charge is 0.231 e. The number of nitrogens with zero attached hydrogens (tertiary/aromatic N) is 2. The number of hydrogen-bond donors (Lipinski definition) is 0. The Bertz CT molecular complexity index is 1680. The summed E-state index contributed by atoms with van der Waals surface area (Å²) in [4.78, 5) is 21.1. The maximum absolute atomic E-state index is 13.9. The highest BCUT2D eigenvalue weighted by molar-refractivity contribution is 6.38. The maximum Gasteiger partial charge on any atom is 0.231 e. The van der Waals surface area contributed by atoms with E-state index < -0.39 is 0 Å². The Kier molecular flexibility index (Phi) is 7.10. The highest BCUT2D eigenvalue weighted by Crippen LogP contribution is 2.47. The van der Waals surface area contributed by atoms with Gasteiger partial charge in [-0.15, -0.1) is 0 Å². The SMILES string of the molecule is CCCN1/C(=C/C=C2\C=C(Cl)C=C(c3nc(-c4ccccc4)c(-c4ccccc4)o3)C2=O)C(C)(C)c2ccccc21. The van der Waals surface area contributed by atoms with E-state index in [9.17, 15) is 4.79 Å². The highest BCUT2D eigenvalue weighted by atomic mass is 35.5. The third kappa shape index (κ3) is 4.89. The number of allylic oxidation sites excluding steroid dienone is 8. The van der Waals surface area contributed by atoms with Gasteiger partial charge >= 0.3 is 0 Å². The van der Waals surface area contributed by atoms with Crippen molar-refractivity contribution in [1.29, 1.82) is 0 Å². The molecule has 0 fully saturated rings. The summed E-state index contributed by atoms with van der Waals surface area (Å²) in [6.45, 7) is 7.53. The first-order valence-corrected chi connectivity index (χ1v) is 14.3. The van der Waals surface area contributed by atoms with Gasteiger partial charge in [0.15, 0.2) is 11.5 Å². The number of halogens is 1. The number of oxazole rings is 1. The first kappa shape index (κ1) is 26.8. The van der Waals surface area contributed by atoms with Crippen LogP contribution in [-0.2, 0) is 10.2 Å². The molecule has 0 saturated heterocycles. The molecule has 6 rings (SSSR count). The molecule has 41 heavy (non-hydrogen) atoms. The molecule has 4 aromatic rings. The van der Waals surface area contributed by atoms with Gasteiger partial charge in [0.05, 0.1) is 5.57 Å². The Balaban J connectivity index is 1.40. The zero-order valence-electron chi connectivity index (χ0n) is 23.4. The van der Waals surface area contributed by atoms with Crippen LogP contribution in [0.15, 0.2) is 130 Å². The van der Waals surface area contributed by atoms with Crippen molar-refractivity contribution in [3.8, 4) is 22.6 Å². The average molecular weight is 559 g/mol. The zero-order valence-corrected chi connectivity index (χ0v) is 24.2. The van der Waals surface area contributed by atoms with Gasteiger partial charge in [-0.3, -0.25) is 4.79 Å². The second-order valence-corrected chi connectivity index (χ2v) is 11.2. The van der Waals surface area contributed by atoms with Crippen molar-refractivity contribution in [3.63, 3.8) is 0 Å². The van der Waals surface area contributed by atoms with Crippen molar-refractivity contribution in [2.24, 2.45) is 0 Å². The summed E-state index contributed by atoms with van der Waals surface area (Å²) in [6.07, 6.45) is 8.30. The van der Waals surface area contributed by atoms with Crippen LogP contribution in [-0.4, -0.2) is 17.3 Å². The Morgan fingerprint density at radius 3 is 2.24 bits per heavy atom. The van der Waals surface area contributed by atoms with Crippen LogP contribution in [0.4, 0.5) is 5.69 Å². The predicted octanol–water partition coefficient (Wildman–Crippen LogP) is 9.12. The van der Waals surface area contributed by atoms with E-state index in [0.717, 1.165) is 29.8 Å². The van der Waals surface area contributed by atoms with Crippen molar-refractivity contribution in [3.05, 3.63) is 137 Å². The number of fused-ring (bicyclic) bond motifs is 1. The summed E-state index contributed by atoms with van der Waals surface area (Å²) in [5.41, 5.74) is 6.74. The van der Waals surface area contributed by atoms with Gasteiger partial charge < -0.3 is 9.32 Å². The molecule has 0 spiro atoms. The van der Waals surface area contributed by atoms with E-state index in [1.54, 1.807) is 12.2 Å². The molecule has 2 heterocycles. The molecule has 1 aromatic heterocycles. The van der Waals surface area contributed by atoms with Gasteiger partial charge in [0, 0.05) is 45.1 Å². The minimum absolute atomic E-state index is 0.179. The maximum atomic E-state index is 13.9. The van der Waals surface area contributed by atoms with Crippen LogP contribution < -0.4 is 4.90 Å². The number of anilines is 1. The van der Waals surface area contributed by atoms with Crippen molar-refractivity contribution < 1.29 is 9.21 Å². The fourth-order valence-electron chi connectivity index (χ4n) is 5.68. The number of carbonyl (C=O) groups is 1. The number of benzene rings is 3. The molecule has 5 heteroatoms. The van der Waals surface area contributed by atoms with Crippen LogP contribution in [0.3, 0.4) is 0 Å². The molecular formula is C36H31ClN2O2. The molecule has 4 nitrogen and oxygen atoms in total. The first-order valence-electron chi connectivity index (χ1n) is 13.9. The molecule has 204 valence electrons. The molecule has 2 aliphatic rings. The molecule has 0 amide bonds. The normalized spacial score (nSPS) is 18.0. The van der Waals surface area contributed by atoms with E-state index >= 15 is 0 Å². The van der Waals surface area contributed by atoms with E-state index in [1.807, 2.05) is 66.7 Å². The number of Topliss-reactive ketones (excluding diaryl/α,β-unsaturated/α-hetero) is 1.